The molecular weight excluding hydrogens is 217 g/mol. The first-order valence-corrected chi connectivity index (χ1v) is 6.23. The number of methoxy groups -OCH3 is 1. The average molecular weight is 237 g/mol. The Labute approximate surface area is 102 Å². The van der Waals surface area contributed by atoms with Gasteiger partial charge >= 0.3 is 0 Å². The number of hydrogen-bond acceptors (Lipinski definition) is 2. The molecule has 1 fully saturated rings. The lowest BCUT2D eigenvalue weighted by molar-refractivity contribution is 0.159. The van der Waals surface area contributed by atoms with Crippen molar-refractivity contribution in [1.82, 2.24) is 4.90 Å². The standard InChI is InChI=1S/C14H20FNO/c1-17-14-4-2-3-13(9-14)11-16-7-5-12(10-15)6-8-16/h2-4,9,12H,5-8,10-11H2,1H3. The molecular formula is C14H20FNO. The number of benzene rings is 1. The summed E-state index contributed by atoms with van der Waals surface area (Å²) < 4.78 is 17.7. The van der Waals surface area contributed by atoms with Gasteiger partial charge in [0.2, 0.25) is 0 Å². The Morgan fingerprint density at radius 2 is 2.12 bits per heavy atom. The monoisotopic (exact) mass is 237 g/mol. The molecule has 0 spiro atoms. The summed E-state index contributed by atoms with van der Waals surface area (Å²) in [6.45, 7) is 2.79. The maximum Gasteiger partial charge on any atom is 0.119 e. The number of nitrogens with zero attached hydrogens (tertiary/aromatic N) is 1. The van der Waals surface area contributed by atoms with Crippen molar-refractivity contribution in [3.8, 4) is 5.75 Å². The summed E-state index contributed by atoms with van der Waals surface area (Å²) in [4.78, 5) is 2.39. The molecule has 0 aliphatic carbocycles. The molecule has 0 atom stereocenters. The zero-order chi connectivity index (χ0) is 12.1. The highest BCUT2D eigenvalue weighted by Gasteiger charge is 2.18. The van der Waals surface area contributed by atoms with Crippen molar-refractivity contribution in [3.05, 3.63) is 29.8 Å². The van der Waals surface area contributed by atoms with E-state index < -0.39 is 0 Å². The smallest absolute Gasteiger partial charge is 0.119 e. The minimum Gasteiger partial charge on any atom is -0.497 e. The van der Waals surface area contributed by atoms with E-state index in [1.54, 1.807) is 7.11 Å². The summed E-state index contributed by atoms with van der Waals surface area (Å²) in [7, 11) is 1.69. The van der Waals surface area contributed by atoms with Crippen LogP contribution in [0.2, 0.25) is 0 Å². The van der Waals surface area contributed by atoms with Gasteiger partial charge in [-0.15, -0.1) is 0 Å². The van der Waals surface area contributed by atoms with E-state index in [-0.39, 0.29) is 12.6 Å². The molecule has 2 nitrogen and oxygen atoms in total. The zero-order valence-corrected chi connectivity index (χ0v) is 10.4. The van der Waals surface area contributed by atoms with Crippen molar-refractivity contribution >= 4 is 0 Å². The molecule has 17 heavy (non-hydrogen) atoms. The van der Waals surface area contributed by atoms with Crippen LogP contribution in [0.15, 0.2) is 24.3 Å². The fourth-order valence-corrected chi connectivity index (χ4v) is 2.33. The Morgan fingerprint density at radius 1 is 1.35 bits per heavy atom. The molecule has 0 amide bonds. The molecule has 94 valence electrons. The molecule has 1 aliphatic heterocycles. The number of alkyl halides is 1. The van der Waals surface area contributed by atoms with Gasteiger partial charge in [0.25, 0.3) is 0 Å². The third-order valence-corrected chi connectivity index (χ3v) is 3.47. The molecule has 0 saturated carbocycles. The van der Waals surface area contributed by atoms with E-state index in [9.17, 15) is 4.39 Å². The Kier molecular flexibility index (Phi) is 4.37. The van der Waals surface area contributed by atoms with Gasteiger partial charge in [0.05, 0.1) is 13.8 Å². The third-order valence-electron chi connectivity index (χ3n) is 3.47. The van der Waals surface area contributed by atoms with Crippen molar-refractivity contribution in [3.63, 3.8) is 0 Å². The van der Waals surface area contributed by atoms with E-state index in [2.05, 4.69) is 17.0 Å². The van der Waals surface area contributed by atoms with Crippen molar-refractivity contribution in [2.75, 3.05) is 26.9 Å². The molecule has 0 bridgehead atoms. The highest BCUT2D eigenvalue weighted by Crippen LogP contribution is 2.20. The predicted octanol–water partition coefficient (Wildman–Crippen LogP) is 2.88. The van der Waals surface area contributed by atoms with Gasteiger partial charge in [0.15, 0.2) is 0 Å². The van der Waals surface area contributed by atoms with E-state index >= 15 is 0 Å². The molecule has 1 aromatic rings. The van der Waals surface area contributed by atoms with Crippen LogP contribution in [-0.4, -0.2) is 31.8 Å². The van der Waals surface area contributed by atoms with Gasteiger partial charge in [-0.2, -0.15) is 0 Å². The molecule has 1 saturated heterocycles. The van der Waals surface area contributed by atoms with Crippen molar-refractivity contribution < 1.29 is 9.13 Å². The number of hydrogen-bond donors (Lipinski definition) is 0. The summed E-state index contributed by atoms with van der Waals surface area (Å²) in [6, 6.07) is 8.16. The van der Waals surface area contributed by atoms with Crippen LogP contribution in [0.3, 0.4) is 0 Å². The fourth-order valence-electron chi connectivity index (χ4n) is 2.33. The lowest BCUT2D eigenvalue weighted by Gasteiger charge is -2.30. The van der Waals surface area contributed by atoms with Gasteiger partial charge in [0.1, 0.15) is 5.75 Å². The van der Waals surface area contributed by atoms with Crippen LogP contribution in [0.25, 0.3) is 0 Å². The molecule has 2 rings (SSSR count). The molecule has 0 aromatic heterocycles. The Hall–Kier alpha value is -1.09. The second kappa shape index (κ2) is 6.01. The van der Waals surface area contributed by atoms with E-state index in [0.717, 1.165) is 38.2 Å². The van der Waals surface area contributed by atoms with E-state index in [1.807, 2.05) is 12.1 Å². The van der Waals surface area contributed by atoms with Gasteiger partial charge in [-0.3, -0.25) is 9.29 Å². The van der Waals surface area contributed by atoms with Crippen molar-refractivity contribution in [2.45, 2.75) is 19.4 Å². The van der Waals surface area contributed by atoms with Crippen LogP contribution in [0, 0.1) is 5.92 Å². The quantitative estimate of drug-likeness (QED) is 0.798. The number of rotatable bonds is 4. The normalized spacial score (nSPS) is 18.2. The Balaban J connectivity index is 1.88. The average Bonchev–Trinajstić information content (AvgIpc) is 2.40. The molecule has 0 unspecified atom stereocenters. The summed E-state index contributed by atoms with van der Waals surface area (Å²) in [6.07, 6.45) is 1.97. The number of piperidine rings is 1. The molecule has 1 heterocycles. The Bertz CT molecular complexity index is 348. The summed E-state index contributed by atoms with van der Waals surface area (Å²) in [5.41, 5.74) is 1.27. The van der Waals surface area contributed by atoms with Crippen molar-refractivity contribution in [1.29, 1.82) is 0 Å². The topological polar surface area (TPSA) is 12.5 Å². The molecule has 0 radical (unpaired) electrons. The van der Waals surface area contributed by atoms with E-state index in [4.69, 9.17) is 4.74 Å². The molecule has 3 heteroatoms. The highest BCUT2D eigenvalue weighted by molar-refractivity contribution is 5.28. The maximum atomic E-state index is 12.5. The number of likely N-dealkylation sites (tertiary alicyclic amines) is 1. The van der Waals surface area contributed by atoms with Crippen LogP contribution in [0.1, 0.15) is 18.4 Å². The first-order valence-electron chi connectivity index (χ1n) is 6.23. The van der Waals surface area contributed by atoms with Crippen LogP contribution < -0.4 is 4.74 Å². The third kappa shape index (κ3) is 3.43. The number of halogens is 1. The maximum absolute atomic E-state index is 12.5. The Morgan fingerprint density at radius 3 is 2.76 bits per heavy atom. The number of ether oxygens (including phenoxy) is 1. The first-order chi connectivity index (χ1) is 8.31. The summed E-state index contributed by atoms with van der Waals surface area (Å²) in [5.74, 6) is 1.19. The van der Waals surface area contributed by atoms with Gasteiger partial charge in [-0.05, 0) is 49.5 Å². The second-order valence-corrected chi connectivity index (χ2v) is 4.73. The second-order valence-electron chi connectivity index (χ2n) is 4.73. The van der Waals surface area contributed by atoms with Crippen LogP contribution in [-0.2, 0) is 6.54 Å². The van der Waals surface area contributed by atoms with Crippen LogP contribution in [0.5, 0.6) is 5.75 Å². The SMILES string of the molecule is COc1cccc(CN2CCC(CF)CC2)c1. The van der Waals surface area contributed by atoms with E-state index in [1.165, 1.54) is 5.56 Å². The zero-order valence-electron chi connectivity index (χ0n) is 10.4. The summed E-state index contributed by atoms with van der Waals surface area (Å²) in [5, 5.41) is 0. The van der Waals surface area contributed by atoms with Gasteiger partial charge in [0, 0.05) is 6.54 Å². The van der Waals surface area contributed by atoms with Crippen molar-refractivity contribution in [2.24, 2.45) is 5.92 Å². The lowest BCUT2D eigenvalue weighted by Crippen LogP contribution is -2.33. The predicted molar refractivity (Wildman–Crippen MR) is 67.0 cm³/mol. The summed E-state index contributed by atoms with van der Waals surface area (Å²) >= 11 is 0. The van der Waals surface area contributed by atoms with Crippen LogP contribution >= 0.6 is 0 Å². The molecule has 1 aliphatic rings. The highest BCUT2D eigenvalue weighted by atomic mass is 19.1. The lowest BCUT2D eigenvalue weighted by atomic mass is 9.98. The molecule has 1 aromatic carbocycles. The first kappa shape index (κ1) is 12.4. The van der Waals surface area contributed by atoms with Gasteiger partial charge in [-0.25, -0.2) is 0 Å². The minimum absolute atomic E-state index is 0.160. The fraction of sp³-hybridized carbons (Fsp3) is 0.571. The van der Waals surface area contributed by atoms with Crippen LogP contribution in [0.4, 0.5) is 4.39 Å². The van der Waals surface area contributed by atoms with Gasteiger partial charge < -0.3 is 4.74 Å². The minimum atomic E-state index is -0.160. The largest absolute Gasteiger partial charge is 0.497 e. The molecule has 0 N–H and O–H groups in total. The van der Waals surface area contributed by atoms with E-state index in [0.29, 0.717) is 0 Å². The van der Waals surface area contributed by atoms with Gasteiger partial charge in [-0.1, -0.05) is 12.1 Å².